The van der Waals surface area contributed by atoms with Gasteiger partial charge in [0.05, 0.1) is 0 Å². The predicted molar refractivity (Wildman–Crippen MR) is 80.6 cm³/mol. The van der Waals surface area contributed by atoms with Crippen molar-refractivity contribution >= 4 is 6.08 Å². The number of hydrogen-bond acceptors (Lipinski definition) is 3. The molecule has 0 saturated heterocycles. The van der Waals surface area contributed by atoms with E-state index >= 15 is 0 Å². The molecule has 1 aromatic carbocycles. The van der Waals surface area contributed by atoms with Gasteiger partial charge in [-0.05, 0) is 32.9 Å². The summed E-state index contributed by atoms with van der Waals surface area (Å²) < 4.78 is 11.0. The molecule has 0 fully saturated rings. The molecule has 0 aliphatic rings. The highest BCUT2D eigenvalue weighted by Gasteiger charge is 1.98. The third-order valence-electron chi connectivity index (χ3n) is 2.65. The summed E-state index contributed by atoms with van der Waals surface area (Å²) in [6, 6.07) is 8.08. The van der Waals surface area contributed by atoms with Gasteiger partial charge in [-0.15, -0.1) is 0 Å². The van der Waals surface area contributed by atoms with Gasteiger partial charge < -0.3 is 14.8 Å². The van der Waals surface area contributed by atoms with Gasteiger partial charge in [-0.25, -0.2) is 0 Å². The minimum absolute atomic E-state index is 0.684. The van der Waals surface area contributed by atoms with Crippen LogP contribution >= 0.6 is 0 Å². The molecule has 0 saturated carbocycles. The smallest absolute Gasteiger partial charge is 0.126 e. The molecule has 1 aromatic rings. The summed E-state index contributed by atoms with van der Waals surface area (Å²) in [6.07, 6.45) is 5.13. The van der Waals surface area contributed by atoms with Gasteiger partial charge >= 0.3 is 0 Å². The average molecular weight is 263 g/mol. The molecular weight excluding hydrogens is 238 g/mol. The number of rotatable bonds is 10. The van der Waals surface area contributed by atoms with E-state index in [0.29, 0.717) is 6.61 Å². The Kier molecular flexibility index (Phi) is 8.77. The molecule has 0 bridgehead atoms. The van der Waals surface area contributed by atoms with E-state index in [1.165, 1.54) is 0 Å². The first-order valence-electron chi connectivity index (χ1n) is 7.01. The van der Waals surface area contributed by atoms with E-state index in [2.05, 4.69) is 17.5 Å². The number of hydrogen-bond donors (Lipinski definition) is 1. The van der Waals surface area contributed by atoms with E-state index in [-0.39, 0.29) is 0 Å². The van der Waals surface area contributed by atoms with Crippen LogP contribution in [0.25, 0.3) is 6.08 Å². The van der Waals surface area contributed by atoms with E-state index < -0.39 is 0 Å². The SMILES string of the molecule is CC=Cc1ccccc1OCCNCCCOCC. The second kappa shape index (κ2) is 10.6. The number of ether oxygens (including phenoxy) is 2. The molecule has 106 valence electrons. The highest BCUT2D eigenvalue weighted by molar-refractivity contribution is 5.56. The van der Waals surface area contributed by atoms with Crippen molar-refractivity contribution in [3.63, 3.8) is 0 Å². The first-order valence-corrected chi connectivity index (χ1v) is 7.01. The first kappa shape index (κ1) is 15.7. The number of nitrogens with one attached hydrogen (secondary N) is 1. The first-order chi connectivity index (χ1) is 9.38. The molecule has 0 amide bonds. The Morgan fingerprint density at radius 3 is 2.79 bits per heavy atom. The van der Waals surface area contributed by atoms with Crippen LogP contribution in [-0.2, 0) is 4.74 Å². The van der Waals surface area contributed by atoms with Gasteiger partial charge in [0.1, 0.15) is 12.4 Å². The van der Waals surface area contributed by atoms with Crippen LogP contribution in [0.1, 0.15) is 25.8 Å². The van der Waals surface area contributed by atoms with Gasteiger partial charge in [-0.3, -0.25) is 0 Å². The van der Waals surface area contributed by atoms with E-state index in [1.807, 2.05) is 38.1 Å². The molecule has 0 aliphatic carbocycles. The van der Waals surface area contributed by atoms with Gasteiger partial charge in [-0.1, -0.05) is 30.4 Å². The van der Waals surface area contributed by atoms with Gasteiger partial charge in [0.25, 0.3) is 0 Å². The number of allylic oxidation sites excluding steroid dienone is 1. The fourth-order valence-corrected chi connectivity index (χ4v) is 1.73. The largest absolute Gasteiger partial charge is 0.492 e. The number of para-hydroxylation sites is 1. The maximum absolute atomic E-state index is 5.77. The molecular formula is C16H25NO2. The fourth-order valence-electron chi connectivity index (χ4n) is 1.73. The minimum atomic E-state index is 0.684. The quantitative estimate of drug-likeness (QED) is 0.658. The topological polar surface area (TPSA) is 30.5 Å². The summed E-state index contributed by atoms with van der Waals surface area (Å²) in [4.78, 5) is 0. The third kappa shape index (κ3) is 6.99. The monoisotopic (exact) mass is 263 g/mol. The highest BCUT2D eigenvalue weighted by Crippen LogP contribution is 2.18. The summed E-state index contributed by atoms with van der Waals surface area (Å²) in [5.41, 5.74) is 1.13. The Morgan fingerprint density at radius 1 is 1.16 bits per heavy atom. The Bertz CT molecular complexity index is 364. The maximum atomic E-state index is 5.77. The summed E-state index contributed by atoms with van der Waals surface area (Å²) in [5, 5.41) is 3.34. The fraction of sp³-hybridized carbons (Fsp3) is 0.500. The van der Waals surface area contributed by atoms with Gasteiger partial charge in [0.15, 0.2) is 0 Å². The molecule has 0 radical (unpaired) electrons. The zero-order chi connectivity index (χ0) is 13.8. The lowest BCUT2D eigenvalue weighted by molar-refractivity contribution is 0.144. The average Bonchev–Trinajstić information content (AvgIpc) is 2.44. The van der Waals surface area contributed by atoms with Crippen LogP contribution in [-0.4, -0.2) is 32.9 Å². The van der Waals surface area contributed by atoms with Gasteiger partial charge in [-0.2, -0.15) is 0 Å². The molecule has 0 spiro atoms. The van der Waals surface area contributed by atoms with Crippen molar-refractivity contribution in [1.29, 1.82) is 0 Å². The van der Waals surface area contributed by atoms with Gasteiger partial charge in [0.2, 0.25) is 0 Å². The molecule has 3 nitrogen and oxygen atoms in total. The molecule has 0 aliphatic heterocycles. The molecule has 0 aromatic heterocycles. The Balaban J connectivity index is 2.15. The van der Waals surface area contributed by atoms with Crippen molar-refractivity contribution in [1.82, 2.24) is 5.32 Å². The van der Waals surface area contributed by atoms with Crippen molar-refractivity contribution in [2.45, 2.75) is 20.3 Å². The lowest BCUT2D eigenvalue weighted by atomic mass is 10.2. The van der Waals surface area contributed by atoms with E-state index in [4.69, 9.17) is 9.47 Å². The second-order valence-corrected chi connectivity index (χ2v) is 4.19. The second-order valence-electron chi connectivity index (χ2n) is 4.19. The van der Waals surface area contributed by atoms with Crippen LogP contribution in [0.4, 0.5) is 0 Å². The lowest BCUT2D eigenvalue weighted by Crippen LogP contribution is -2.23. The van der Waals surface area contributed by atoms with E-state index in [1.54, 1.807) is 0 Å². The molecule has 19 heavy (non-hydrogen) atoms. The van der Waals surface area contributed by atoms with Crippen molar-refractivity contribution < 1.29 is 9.47 Å². The predicted octanol–water partition coefficient (Wildman–Crippen LogP) is 3.11. The van der Waals surface area contributed by atoms with Crippen LogP contribution in [0.5, 0.6) is 5.75 Å². The summed E-state index contributed by atoms with van der Waals surface area (Å²) in [5.74, 6) is 0.941. The minimum Gasteiger partial charge on any atom is -0.492 e. The number of benzene rings is 1. The maximum Gasteiger partial charge on any atom is 0.126 e. The van der Waals surface area contributed by atoms with Gasteiger partial charge in [0, 0.05) is 25.3 Å². The third-order valence-corrected chi connectivity index (χ3v) is 2.65. The van der Waals surface area contributed by atoms with Crippen molar-refractivity contribution in [2.75, 3.05) is 32.9 Å². The van der Waals surface area contributed by atoms with Crippen molar-refractivity contribution in [2.24, 2.45) is 0 Å². The molecule has 3 heteroatoms. The van der Waals surface area contributed by atoms with Crippen molar-refractivity contribution in [3.8, 4) is 5.75 Å². The van der Waals surface area contributed by atoms with E-state index in [0.717, 1.165) is 44.0 Å². The van der Waals surface area contributed by atoms with Crippen LogP contribution < -0.4 is 10.1 Å². The summed E-state index contributed by atoms with van der Waals surface area (Å²) in [7, 11) is 0. The Morgan fingerprint density at radius 2 is 2.00 bits per heavy atom. The summed E-state index contributed by atoms with van der Waals surface area (Å²) >= 11 is 0. The summed E-state index contributed by atoms with van der Waals surface area (Å²) in [6.45, 7) is 8.17. The molecule has 1 rings (SSSR count). The van der Waals surface area contributed by atoms with Crippen LogP contribution in [0.2, 0.25) is 0 Å². The molecule has 0 unspecified atom stereocenters. The van der Waals surface area contributed by atoms with Crippen LogP contribution in [0, 0.1) is 0 Å². The van der Waals surface area contributed by atoms with E-state index in [9.17, 15) is 0 Å². The Hall–Kier alpha value is -1.32. The zero-order valence-electron chi connectivity index (χ0n) is 12.0. The highest BCUT2D eigenvalue weighted by atomic mass is 16.5. The molecule has 0 heterocycles. The zero-order valence-corrected chi connectivity index (χ0v) is 12.0. The van der Waals surface area contributed by atoms with Crippen LogP contribution in [0.15, 0.2) is 30.3 Å². The lowest BCUT2D eigenvalue weighted by Gasteiger charge is -2.10. The molecule has 1 N–H and O–H groups in total. The normalized spacial score (nSPS) is 11.1. The molecule has 0 atom stereocenters. The Labute approximate surface area is 116 Å². The van der Waals surface area contributed by atoms with Crippen molar-refractivity contribution in [3.05, 3.63) is 35.9 Å². The standard InChI is InChI=1S/C16H25NO2/c1-3-8-15-9-5-6-10-16(15)19-14-12-17-11-7-13-18-4-2/h3,5-6,8-10,17H,4,7,11-14H2,1-2H3. The van der Waals surface area contributed by atoms with Crippen LogP contribution in [0.3, 0.4) is 0 Å².